The third-order valence-electron chi connectivity index (χ3n) is 4.31. The van der Waals surface area contributed by atoms with Crippen molar-refractivity contribution in [3.63, 3.8) is 0 Å². The van der Waals surface area contributed by atoms with Crippen LogP contribution in [0.15, 0.2) is 4.99 Å². The molecule has 0 radical (unpaired) electrons. The molecule has 0 aliphatic carbocycles. The van der Waals surface area contributed by atoms with Crippen LogP contribution < -0.4 is 10.6 Å². The van der Waals surface area contributed by atoms with Gasteiger partial charge in [0.05, 0.1) is 6.54 Å². The summed E-state index contributed by atoms with van der Waals surface area (Å²) in [5.74, 6) is 0.687. The van der Waals surface area contributed by atoms with Crippen LogP contribution in [0.25, 0.3) is 0 Å². The van der Waals surface area contributed by atoms with E-state index in [-0.39, 0.29) is 6.04 Å². The third-order valence-corrected chi connectivity index (χ3v) is 4.31. The lowest BCUT2D eigenvalue weighted by atomic mass is 10.1. The first-order valence-electron chi connectivity index (χ1n) is 9.21. The number of alkyl halides is 3. The van der Waals surface area contributed by atoms with Gasteiger partial charge in [0.15, 0.2) is 5.96 Å². The Hall–Kier alpha value is -1.02. The Morgan fingerprint density at radius 3 is 2.48 bits per heavy atom. The van der Waals surface area contributed by atoms with Gasteiger partial charge in [0.25, 0.3) is 0 Å². The van der Waals surface area contributed by atoms with Crippen LogP contribution in [0.5, 0.6) is 0 Å². The summed E-state index contributed by atoms with van der Waals surface area (Å²) in [6, 6.07) is 0.0274. The molecule has 148 valence electrons. The van der Waals surface area contributed by atoms with Crippen molar-refractivity contribution in [2.24, 2.45) is 4.99 Å². The molecule has 1 fully saturated rings. The molecule has 2 N–H and O–H groups in total. The minimum Gasteiger partial charge on any atom is -0.356 e. The van der Waals surface area contributed by atoms with E-state index >= 15 is 0 Å². The number of nitrogens with one attached hydrogen (secondary N) is 2. The van der Waals surface area contributed by atoms with Gasteiger partial charge in [-0.3, -0.25) is 9.89 Å². The molecule has 1 atom stereocenters. The largest absolute Gasteiger partial charge is 0.401 e. The average Bonchev–Trinajstić information content (AvgIpc) is 2.93. The van der Waals surface area contributed by atoms with Crippen molar-refractivity contribution in [2.75, 3.05) is 53.9 Å². The predicted octanol–water partition coefficient (Wildman–Crippen LogP) is 2.30. The highest BCUT2D eigenvalue weighted by atomic mass is 19.4. The molecule has 0 amide bonds. The van der Waals surface area contributed by atoms with E-state index in [1.54, 1.807) is 7.05 Å². The van der Waals surface area contributed by atoms with Crippen LogP contribution in [0, 0.1) is 0 Å². The minimum atomic E-state index is -4.12. The van der Waals surface area contributed by atoms with E-state index in [1.807, 2.05) is 0 Å². The van der Waals surface area contributed by atoms with Gasteiger partial charge in [0, 0.05) is 32.7 Å². The highest BCUT2D eigenvalue weighted by Gasteiger charge is 2.34. The number of likely N-dealkylation sites (tertiary alicyclic amines) is 1. The van der Waals surface area contributed by atoms with Gasteiger partial charge in [-0.05, 0) is 39.9 Å². The van der Waals surface area contributed by atoms with Crippen molar-refractivity contribution >= 4 is 5.96 Å². The van der Waals surface area contributed by atoms with E-state index < -0.39 is 12.7 Å². The number of aliphatic imine (C=N–C) groups is 1. The third kappa shape index (κ3) is 11.3. The summed E-state index contributed by atoms with van der Waals surface area (Å²) in [7, 11) is 5.88. The summed E-state index contributed by atoms with van der Waals surface area (Å²) in [5.41, 5.74) is 0. The normalized spacial score (nSPS) is 19.6. The van der Waals surface area contributed by atoms with Crippen LogP contribution in [0.3, 0.4) is 0 Å². The molecule has 8 heteroatoms. The van der Waals surface area contributed by atoms with Crippen molar-refractivity contribution in [1.82, 2.24) is 20.4 Å². The molecule has 1 aliphatic rings. The van der Waals surface area contributed by atoms with Gasteiger partial charge in [0.1, 0.15) is 0 Å². The Labute approximate surface area is 150 Å². The Kier molecular flexibility index (Phi) is 10.2. The summed E-state index contributed by atoms with van der Waals surface area (Å²) >= 11 is 0. The molecule has 0 aromatic rings. The number of rotatable bonds is 10. The monoisotopic (exact) mass is 365 g/mol. The van der Waals surface area contributed by atoms with Crippen LogP contribution in [-0.2, 0) is 0 Å². The van der Waals surface area contributed by atoms with Crippen molar-refractivity contribution in [1.29, 1.82) is 0 Å². The molecular formula is C17H34F3N5. The molecule has 0 bridgehead atoms. The van der Waals surface area contributed by atoms with Gasteiger partial charge in [-0.1, -0.05) is 19.3 Å². The Balaban J connectivity index is 2.09. The van der Waals surface area contributed by atoms with E-state index in [0.29, 0.717) is 25.5 Å². The molecule has 0 saturated carbocycles. The van der Waals surface area contributed by atoms with Crippen molar-refractivity contribution in [2.45, 2.75) is 50.7 Å². The van der Waals surface area contributed by atoms with Crippen molar-refractivity contribution < 1.29 is 13.2 Å². The molecule has 0 aromatic carbocycles. The lowest BCUT2D eigenvalue weighted by molar-refractivity contribution is -0.143. The maximum Gasteiger partial charge on any atom is 0.401 e. The first-order chi connectivity index (χ1) is 11.8. The topological polar surface area (TPSA) is 42.9 Å². The maximum atomic E-state index is 12.4. The highest BCUT2D eigenvalue weighted by molar-refractivity contribution is 5.79. The molecule has 0 spiro atoms. The first kappa shape index (κ1) is 22.0. The summed E-state index contributed by atoms with van der Waals surface area (Å²) < 4.78 is 37.3. The summed E-state index contributed by atoms with van der Waals surface area (Å²) in [5, 5.41) is 6.49. The second-order valence-corrected chi connectivity index (χ2v) is 7.05. The van der Waals surface area contributed by atoms with Gasteiger partial charge in [-0.25, -0.2) is 0 Å². The Morgan fingerprint density at radius 2 is 1.84 bits per heavy atom. The van der Waals surface area contributed by atoms with Crippen molar-refractivity contribution in [3.8, 4) is 0 Å². The van der Waals surface area contributed by atoms with Gasteiger partial charge in [-0.15, -0.1) is 0 Å². The molecule has 1 heterocycles. The molecule has 1 aliphatic heterocycles. The fourth-order valence-electron chi connectivity index (χ4n) is 3.03. The summed E-state index contributed by atoms with van der Waals surface area (Å²) in [6.45, 7) is 2.03. The number of nitrogens with zero attached hydrogens (tertiary/aromatic N) is 3. The van der Waals surface area contributed by atoms with E-state index in [0.717, 1.165) is 19.5 Å². The van der Waals surface area contributed by atoms with Gasteiger partial charge >= 0.3 is 6.18 Å². The zero-order chi connectivity index (χ0) is 18.7. The number of hydrogen-bond acceptors (Lipinski definition) is 3. The first-order valence-corrected chi connectivity index (χ1v) is 9.21. The zero-order valence-corrected chi connectivity index (χ0v) is 15.8. The molecule has 5 nitrogen and oxygen atoms in total. The Morgan fingerprint density at radius 1 is 1.16 bits per heavy atom. The highest BCUT2D eigenvalue weighted by Crippen LogP contribution is 2.19. The number of halogens is 3. The minimum absolute atomic E-state index is 0.0274. The van der Waals surface area contributed by atoms with E-state index in [4.69, 9.17) is 0 Å². The number of hydrogen-bond donors (Lipinski definition) is 2. The fraction of sp³-hybridized carbons (Fsp3) is 0.941. The second kappa shape index (κ2) is 11.6. The Bertz CT molecular complexity index is 385. The SMILES string of the molecule is CN=C(NCCCCCCCN(C)C)NC1CCN(CC(F)(F)F)C1. The average molecular weight is 365 g/mol. The zero-order valence-electron chi connectivity index (χ0n) is 15.8. The molecule has 25 heavy (non-hydrogen) atoms. The fourth-order valence-corrected chi connectivity index (χ4v) is 3.03. The predicted molar refractivity (Wildman–Crippen MR) is 97.0 cm³/mol. The van der Waals surface area contributed by atoms with Crippen LogP contribution in [0.2, 0.25) is 0 Å². The quantitative estimate of drug-likeness (QED) is 0.354. The van der Waals surface area contributed by atoms with Gasteiger partial charge in [0.2, 0.25) is 0 Å². The van der Waals surface area contributed by atoms with E-state index in [1.165, 1.54) is 30.6 Å². The van der Waals surface area contributed by atoms with Crippen LogP contribution in [0.4, 0.5) is 13.2 Å². The maximum absolute atomic E-state index is 12.4. The standard InChI is InChI=1S/C17H34F3N5/c1-21-16(22-10-7-5-4-6-8-11-24(2)3)23-15-9-12-25(13-15)14-17(18,19)20/h15H,4-14H2,1-3H3,(H2,21,22,23). The number of guanidine groups is 1. The van der Waals surface area contributed by atoms with E-state index in [2.05, 4.69) is 34.6 Å². The van der Waals surface area contributed by atoms with Crippen LogP contribution in [0.1, 0.15) is 38.5 Å². The lowest BCUT2D eigenvalue weighted by Gasteiger charge is -2.19. The van der Waals surface area contributed by atoms with Gasteiger partial charge in [-0.2, -0.15) is 13.2 Å². The molecule has 0 aromatic heterocycles. The van der Waals surface area contributed by atoms with Gasteiger partial charge < -0.3 is 15.5 Å². The molecule has 1 unspecified atom stereocenters. The smallest absolute Gasteiger partial charge is 0.356 e. The summed E-state index contributed by atoms with van der Waals surface area (Å²) in [4.78, 5) is 7.81. The van der Waals surface area contributed by atoms with Crippen LogP contribution >= 0.6 is 0 Å². The van der Waals surface area contributed by atoms with Crippen molar-refractivity contribution in [3.05, 3.63) is 0 Å². The van der Waals surface area contributed by atoms with Crippen LogP contribution in [-0.4, -0.2) is 81.8 Å². The lowest BCUT2D eigenvalue weighted by Crippen LogP contribution is -2.45. The molecular weight excluding hydrogens is 331 g/mol. The summed E-state index contributed by atoms with van der Waals surface area (Å²) in [6.07, 6.45) is 2.57. The second-order valence-electron chi connectivity index (χ2n) is 7.05. The molecule has 1 saturated heterocycles. The molecule has 1 rings (SSSR count). The van der Waals surface area contributed by atoms with E-state index in [9.17, 15) is 13.2 Å². The number of unbranched alkanes of at least 4 members (excludes halogenated alkanes) is 4.